The van der Waals surface area contributed by atoms with Crippen LogP contribution >= 0.6 is 0 Å². The predicted octanol–water partition coefficient (Wildman–Crippen LogP) is 5.87. The molecule has 0 fully saturated rings. The molecule has 1 atom stereocenters. The van der Waals surface area contributed by atoms with E-state index in [1.165, 1.54) is 0 Å². The molecule has 0 saturated carbocycles. The van der Waals surface area contributed by atoms with Crippen LogP contribution in [0.2, 0.25) is 0 Å². The van der Waals surface area contributed by atoms with Crippen molar-refractivity contribution in [1.29, 1.82) is 0 Å². The van der Waals surface area contributed by atoms with E-state index >= 15 is 0 Å². The first-order valence-corrected chi connectivity index (χ1v) is 12.5. The van der Waals surface area contributed by atoms with Gasteiger partial charge in [0, 0.05) is 26.7 Å². The van der Waals surface area contributed by atoms with Gasteiger partial charge < -0.3 is 28.6 Å². The maximum absolute atomic E-state index is 12.9. The lowest BCUT2D eigenvalue weighted by atomic mass is 9.90. The van der Waals surface area contributed by atoms with Crippen LogP contribution in [0.15, 0.2) is 78.9 Å². The molecule has 3 aromatic rings. The van der Waals surface area contributed by atoms with Crippen LogP contribution in [-0.2, 0) is 20.8 Å². The van der Waals surface area contributed by atoms with E-state index in [1.54, 1.807) is 26.0 Å². The Morgan fingerprint density at radius 2 is 1.43 bits per heavy atom. The molecule has 3 aromatic carbocycles. The van der Waals surface area contributed by atoms with Crippen molar-refractivity contribution in [3.8, 4) is 11.5 Å². The number of rotatable bonds is 14. The van der Waals surface area contributed by atoms with Gasteiger partial charge in [-0.05, 0) is 42.7 Å². The molecule has 0 radical (unpaired) electrons. The SMILES string of the molecule is CCOC(=O)N(CC(OC)OC)CC(c1ccccc1)c1ccc(OCc2ccccc2)c(OCC)c1. The first-order valence-electron chi connectivity index (χ1n) is 12.5. The van der Waals surface area contributed by atoms with Crippen molar-refractivity contribution in [2.45, 2.75) is 32.7 Å². The third-order valence-corrected chi connectivity index (χ3v) is 5.93. The van der Waals surface area contributed by atoms with Crippen LogP contribution in [0.4, 0.5) is 4.79 Å². The summed E-state index contributed by atoms with van der Waals surface area (Å²) in [6.45, 7) is 5.54. The highest BCUT2D eigenvalue weighted by Gasteiger charge is 2.26. The lowest BCUT2D eigenvalue weighted by molar-refractivity contribution is -0.113. The molecule has 0 aliphatic rings. The van der Waals surface area contributed by atoms with E-state index in [9.17, 15) is 4.79 Å². The molecule has 0 heterocycles. The van der Waals surface area contributed by atoms with Crippen LogP contribution in [0, 0.1) is 0 Å². The Balaban J connectivity index is 1.94. The first kappa shape index (κ1) is 28.0. The fraction of sp³-hybridized carbons (Fsp3) is 0.367. The molecule has 0 N–H and O–H groups in total. The van der Waals surface area contributed by atoms with Gasteiger partial charge in [0.1, 0.15) is 6.61 Å². The minimum atomic E-state index is -0.575. The van der Waals surface area contributed by atoms with Crippen LogP contribution in [-0.4, -0.2) is 57.8 Å². The molecular formula is C30H37NO6. The molecular weight excluding hydrogens is 470 g/mol. The number of benzene rings is 3. The van der Waals surface area contributed by atoms with Gasteiger partial charge >= 0.3 is 6.09 Å². The maximum atomic E-state index is 12.9. The van der Waals surface area contributed by atoms with Crippen LogP contribution in [0.3, 0.4) is 0 Å². The Morgan fingerprint density at radius 1 is 0.757 bits per heavy atom. The van der Waals surface area contributed by atoms with E-state index in [2.05, 4.69) is 12.1 Å². The molecule has 0 aromatic heterocycles. The molecule has 3 rings (SSSR count). The summed E-state index contributed by atoms with van der Waals surface area (Å²) in [7, 11) is 3.10. The van der Waals surface area contributed by atoms with Crippen LogP contribution in [0.25, 0.3) is 0 Å². The van der Waals surface area contributed by atoms with Crippen molar-refractivity contribution < 1.29 is 28.5 Å². The third-order valence-electron chi connectivity index (χ3n) is 5.93. The summed E-state index contributed by atoms with van der Waals surface area (Å²) in [6.07, 6.45) is -0.996. The summed E-state index contributed by atoms with van der Waals surface area (Å²) in [5.74, 6) is 1.18. The Bertz CT molecular complexity index is 1070. The quantitative estimate of drug-likeness (QED) is 0.254. The van der Waals surface area contributed by atoms with Gasteiger partial charge in [-0.25, -0.2) is 4.79 Å². The van der Waals surface area contributed by atoms with Crippen LogP contribution in [0.5, 0.6) is 11.5 Å². The second kappa shape index (κ2) is 14.9. The summed E-state index contributed by atoms with van der Waals surface area (Å²) >= 11 is 0. The smallest absolute Gasteiger partial charge is 0.409 e. The zero-order valence-electron chi connectivity index (χ0n) is 22.1. The molecule has 0 aliphatic carbocycles. The zero-order chi connectivity index (χ0) is 26.5. The third kappa shape index (κ3) is 8.23. The topological polar surface area (TPSA) is 66.5 Å². The summed E-state index contributed by atoms with van der Waals surface area (Å²) in [5, 5.41) is 0. The van der Waals surface area contributed by atoms with Gasteiger partial charge in [0.25, 0.3) is 0 Å². The molecule has 0 bridgehead atoms. The van der Waals surface area contributed by atoms with Crippen LogP contribution in [0.1, 0.15) is 36.5 Å². The van der Waals surface area contributed by atoms with Crippen molar-refractivity contribution in [3.63, 3.8) is 0 Å². The summed E-state index contributed by atoms with van der Waals surface area (Å²) < 4.78 is 28.2. The minimum absolute atomic E-state index is 0.151. The predicted molar refractivity (Wildman–Crippen MR) is 143 cm³/mol. The fourth-order valence-electron chi connectivity index (χ4n) is 4.04. The van der Waals surface area contributed by atoms with Crippen molar-refractivity contribution in [2.24, 2.45) is 0 Å². The van der Waals surface area contributed by atoms with Gasteiger partial charge in [-0.3, -0.25) is 0 Å². The highest BCUT2D eigenvalue weighted by atomic mass is 16.7. The number of carbonyl (C=O) groups excluding carboxylic acids is 1. The van der Waals surface area contributed by atoms with E-state index in [1.807, 2.05) is 73.7 Å². The second-order valence-electron chi connectivity index (χ2n) is 8.38. The van der Waals surface area contributed by atoms with Gasteiger partial charge in [-0.15, -0.1) is 0 Å². The molecule has 37 heavy (non-hydrogen) atoms. The van der Waals surface area contributed by atoms with Gasteiger partial charge in [-0.1, -0.05) is 66.7 Å². The molecule has 7 nitrogen and oxygen atoms in total. The van der Waals surface area contributed by atoms with Gasteiger partial charge in [0.2, 0.25) is 0 Å². The second-order valence-corrected chi connectivity index (χ2v) is 8.38. The lowest BCUT2D eigenvalue weighted by Gasteiger charge is -2.30. The zero-order valence-corrected chi connectivity index (χ0v) is 22.1. The van der Waals surface area contributed by atoms with Crippen molar-refractivity contribution >= 4 is 6.09 Å². The molecule has 0 spiro atoms. The number of hydrogen-bond donors (Lipinski definition) is 0. The Labute approximate surface area is 219 Å². The number of nitrogens with zero attached hydrogens (tertiary/aromatic N) is 1. The van der Waals surface area contributed by atoms with E-state index in [-0.39, 0.29) is 19.1 Å². The normalized spacial score (nSPS) is 11.7. The summed E-state index contributed by atoms with van der Waals surface area (Å²) in [6, 6.07) is 26.0. The molecule has 1 amide bonds. The fourth-order valence-corrected chi connectivity index (χ4v) is 4.04. The van der Waals surface area contributed by atoms with Crippen molar-refractivity contribution in [2.75, 3.05) is 40.5 Å². The maximum Gasteiger partial charge on any atom is 0.409 e. The lowest BCUT2D eigenvalue weighted by Crippen LogP contribution is -2.41. The number of carbonyl (C=O) groups is 1. The standard InChI is InChI=1S/C30H37NO6/c1-5-35-28-19-25(17-18-27(28)37-22-23-13-9-7-10-14-23)26(24-15-11-8-12-16-24)20-31(30(32)36-6-2)21-29(33-3)34-4/h7-19,26,29H,5-6,20-22H2,1-4H3. The Kier molecular flexibility index (Phi) is 11.3. The van der Waals surface area contributed by atoms with Gasteiger partial charge in [0.05, 0.1) is 19.8 Å². The number of hydrogen-bond acceptors (Lipinski definition) is 6. The number of methoxy groups -OCH3 is 2. The molecule has 198 valence electrons. The largest absolute Gasteiger partial charge is 0.490 e. The van der Waals surface area contributed by atoms with Gasteiger partial charge in [-0.2, -0.15) is 0 Å². The summed E-state index contributed by atoms with van der Waals surface area (Å²) in [5.41, 5.74) is 3.12. The average Bonchev–Trinajstić information content (AvgIpc) is 2.94. The Hall–Kier alpha value is -3.55. The van der Waals surface area contributed by atoms with Crippen LogP contribution < -0.4 is 9.47 Å². The summed E-state index contributed by atoms with van der Waals surface area (Å²) in [4.78, 5) is 14.5. The average molecular weight is 508 g/mol. The minimum Gasteiger partial charge on any atom is -0.490 e. The number of ether oxygens (including phenoxy) is 5. The monoisotopic (exact) mass is 507 g/mol. The molecule has 0 saturated heterocycles. The van der Waals surface area contributed by atoms with Crippen molar-refractivity contribution in [3.05, 3.63) is 95.6 Å². The Morgan fingerprint density at radius 3 is 2.05 bits per heavy atom. The van der Waals surface area contributed by atoms with E-state index in [0.717, 1.165) is 16.7 Å². The first-order chi connectivity index (χ1) is 18.1. The van der Waals surface area contributed by atoms with E-state index in [0.29, 0.717) is 31.3 Å². The number of amides is 1. The van der Waals surface area contributed by atoms with E-state index in [4.69, 9.17) is 23.7 Å². The van der Waals surface area contributed by atoms with Crippen molar-refractivity contribution in [1.82, 2.24) is 4.90 Å². The molecule has 0 aliphatic heterocycles. The highest BCUT2D eigenvalue weighted by Crippen LogP contribution is 2.35. The van der Waals surface area contributed by atoms with Gasteiger partial charge in [0.15, 0.2) is 17.8 Å². The highest BCUT2D eigenvalue weighted by molar-refractivity contribution is 5.68. The molecule has 1 unspecified atom stereocenters. The van der Waals surface area contributed by atoms with E-state index < -0.39 is 12.4 Å². The molecule has 7 heteroatoms.